The molecule has 1 aromatic carbocycles. The van der Waals surface area contributed by atoms with Gasteiger partial charge in [-0.05, 0) is 36.5 Å². The highest BCUT2D eigenvalue weighted by atomic mass is 79.9. The molecule has 1 aromatic rings. The summed E-state index contributed by atoms with van der Waals surface area (Å²) in [6.45, 7) is 0. The lowest BCUT2D eigenvalue weighted by molar-refractivity contribution is 0.509. The van der Waals surface area contributed by atoms with Crippen LogP contribution in [0.5, 0.6) is 0 Å². The zero-order chi connectivity index (χ0) is 10.3. The smallest absolute Gasteiger partial charge is 0.0365 e. The minimum Gasteiger partial charge on any atom is -0.146 e. The molecule has 1 fully saturated rings. The Morgan fingerprint density at radius 1 is 1.07 bits per heavy atom. The van der Waals surface area contributed by atoms with Crippen molar-refractivity contribution in [1.82, 2.24) is 0 Å². The van der Waals surface area contributed by atoms with Crippen molar-refractivity contribution in [3.05, 3.63) is 46.5 Å². The Labute approximate surface area is 103 Å². The van der Waals surface area contributed by atoms with E-state index in [2.05, 4.69) is 64.1 Å². The van der Waals surface area contributed by atoms with Crippen molar-refractivity contribution >= 4 is 27.7 Å². The third kappa shape index (κ3) is 1.90. The van der Waals surface area contributed by atoms with Gasteiger partial charge in [-0.15, -0.1) is 11.8 Å². The first kappa shape index (κ1) is 9.98. The quantitative estimate of drug-likeness (QED) is 0.679. The summed E-state index contributed by atoms with van der Waals surface area (Å²) in [6.07, 6.45) is 7.57. The van der Waals surface area contributed by atoms with E-state index >= 15 is 0 Å². The first-order valence-electron chi connectivity index (χ1n) is 5.42. The number of benzene rings is 1. The van der Waals surface area contributed by atoms with Gasteiger partial charge in [-0.3, -0.25) is 0 Å². The highest BCUT2D eigenvalue weighted by Crippen LogP contribution is 2.50. The molecule has 0 aromatic heterocycles. The highest BCUT2D eigenvalue weighted by molar-refractivity contribution is 9.10. The Kier molecular flexibility index (Phi) is 2.65. The summed E-state index contributed by atoms with van der Waals surface area (Å²) in [5.41, 5.74) is 1.49. The molecule has 3 aliphatic rings. The van der Waals surface area contributed by atoms with E-state index in [9.17, 15) is 0 Å². The number of hydrogen-bond acceptors (Lipinski definition) is 1. The fourth-order valence-electron chi connectivity index (χ4n) is 2.45. The minimum absolute atomic E-state index is 0.696. The molecule has 0 amide bonds. The van der Waals surface area contributed by atoms with Gasteiger partial charge in [0, 0.05) is 15.0 Å². The molecule has 2 aliphatic heterocycles. The van der Waals surface area contributed by atoms with E-state index in [0.717, 1.165) is 11.2 Å². The lowest BCUT2D eigenvalue weighted by atomic mass is 9.88. The van der Waals surface area contributed by atoms with E-state index < -0.39 is 0 Å². The van der Waals surface area contributed by atoms with Crippen LogP contribution in [-0.4, -0.2) is 5.25 Å². The maximum Gasteiger partial charge on any atom is 0.0365 e. The zero-order valence-electron chi connectivity index (χ0n) is 8.40. The molecule has 3 atom stereocenters. The Balaban J connectivity index is 1.89. The van der Waals surface area contributed by atoms with Crippen molar-refractivity contribution in [2.75, 3.05) is 0 Å². The lowest BCUT2D eigenvalue weighted by Gasteiger charge is -2.37. The summed E-state index contributed by atoms with van der Waals surface area (Å²) in [4.78, 5) is 0. The Bertz CT molecular complexity index is 382. The second-order valence-electron chi connectivity index (χ2n) is 4.27. The molecular formula is C13H13BrS. The fourth-order valence-corrected chi connectivity index (χ4v) is 4.29. The second kappa shape index (κ2) is 3.99. The minimum atomic E-state index is 0.696. The van der Waals surface area contributed by atoms with Crippen LogP contribution in [-0.2, 0) is 0 Å². The normalized spacial score (nSPS) is 33.3. The van der Waals surface area contributed by atoms with Gasteiger partial charge < -0.3 is 0 Å². The van der Waals surface area contributed by atoms with Gasteiger partial charge in [0.15, 0.2) is 0 Å². The Hall–Kier alpha value is -0.210. The highest BCUT2D eigenvalue weighted by Gasteiger charge is 2.33. The number of halogens is 1. The van der Waals surface area contributed by atoms with Crippen molar-refractivity contribution in [3.8, 4) is 0 Å². The first-order valence-corrected chi connectivity index (χ1v) is 7.16. The third-order valence-electron chi connectivity index (χ3n) is 3.27. The number of allylic oxidation sites excluding steroid dienone is 1. The van der Waals surface area contributed by atoms with Crippen LogP contribution in [0.15, 0.2) is 40.9 Å². The van der Waals surface area contributed by atoms with Gasteiger partial charge >= 0.3 is 0 Å². The summed E-state index contributed by atoms with van der Waals surface area (Å²) in [6, 6.07) is 8.83. The van der Waals surface area contributed by atoms with Gasteiger partial charge in [0.25, 0.3) is 0 Å². The average molecular weight is 281 g/mol. The van der Waals surface area contributed by atoms with E-state index in [1.807, 2.05) is 0 Å². The molecule has 4 rings (SSSR count). The predicted molar refractivity (Wildman–Crippen MR) is 70.1 cm³/mol. The van der Waals surface area contributed by atoms with Gasteiger partial charge in [-0.1, -0.05) is 40.2 Å². The molecule has 1 aliphatic carbocycles. The van der Waals surface area contributed by atoms with Crippen molar-refractivity contribution in [2.24, 2.45) is 5.92 Å². The number of rotatable bonds is 1. The molecule has 1 saturated heterocycles. The molecule has 0 radical (unpaired) electrons. The average Bonchev–Trinajstić information content (AvgIpc) is 2.31. The van der Waals surface area contributed by atoms with Gasteiger partial charge in [0.05, 0.1) is 0 Å². The van der Waals surface area contributed by atoms with E-state index in [-0.39, 0.29) is 0 Å². The molecule has 2 bridgehead atoms. The summed E-state index contributed by atoms with van der Waals surface area (Å²) >= 11 is 5.63. The lowest BCUT2D eigenvalue weighted by Crippen LogP contribution is -2.23. The third-order valence-corrected chi connectivity index (χ3v) is 5.45. The number of hydrogen-bond donors (Lipinski definition) is 0. The van der Waals surface area contributed by atoms with Gasteiger partial charge in [0.1, 0.15) is 0 Å². The molecule has 2 heteroatoms. The van der Waals surface area contributed by atoms with Crippen LogP contribution in [0.3, 0.4) is 0 Å². The van der Waals surface area contributed by atoms with Gasteiger partial charge in [0.2, 0.25) is 0 Å². The largest absolute Gasteiger partial charge is 0.146 e. The fraction of sp³-hybridized carbons (Fsp3) is 0.385. The molecule has 78 valence electrons. The molecule has 0 unspecified atom stereocenters. The molecule has 0 N–H and O–H groups in total. The zero-order valence-corrected chi connectivity index (χ0v) is 10.8. The van der Waals surface area contributed by atoms with Gasteiger partial charge in [-0.2, -0.15) is 0 Å². The second-order valence-corrected chi connectivity index (χ2v) is 6.57. The van der Waals surface area contributed by atoms with Crippen molar-refractivity contribution in [1.29, 1.82) is 0 Å². The summed E-state index contributed by atoms with van der Waals surface area (Å²) in [5.74, 6) is 0.765. The maximum atomic E-state index is 3.49. The van der Waals surface area contributed by atoms with Crippen LogP contribution in [0.4, 0.5) is 0 Å². The number of thioether (sulfide) groups is 1. The number of fused-ring (bicyclic) bond motifs is 2. The Morgan fingerprint density at radius 2 is 1.87 bits per heavy atom. The van der Waals surface area contributed by atoms with E-state index in [4.69, 9.17) is 0 Å². The molecule has 0 spiro atoms. The molecule has 15 heavy (non-hydrogen) atoms. The summed E-state index contributed by atoms with van der Waals surface area (Å²) < 4.78 is 1.17. The van der Waals surface area contributed by atoms with Crippen LogP contribution in [0, 0.1) is 5.92 Å². The van der Waals surface area contributed by atoms with Crippen LogP contribution < -0.4 is 0 Å². The molecular weight excluding hydrogens is 268 g/mol. The van der Waals surface area contributed by atoms with Crippen molar-refractivity contribution in [3.63, 3.8) is 0 Å². The van der Waals surface area contributed by atoms with E-state index in [1.54, 1.807) is 0 Å². The monoisotopic (exact) mass is 280 g/mol. The Morgan fingerprint density at radius 3 is 2.40 bits per heavy atom. The van der Waals surface area contributed by atoms with E-state index in [1.165, 1.54) is 22.9 Å². The van der Waals surface area contributed by atoms with Crippen LogP contribution in [0.1, 0.15) is 23.7 Å². The molecule has 0 saturated carbocycles. The van der Waals surface area contributed by atoms with Crippen molar-refractivity contribution in [2.45, 2.75) is 23.3 Å². The van der Waals surface area contributed by atoms with Crippen LogP contribution >= 0.6 is 27.7 Å². The maximum absolute atomic E-state index is 3.49. The van der Waals surface area contributed by atoms with Gasteiger partial charge in [-0.25, -0.2) is 0 Å². The summed E-state index contributed by atoms with van der Waals surface area (Å²) in [7, 11) is 0. The topological polar surface area (TPSA) is 0 Å². The molecule has 0 nitrogen and oxygen atoms in total. The predicted octanol–water partition coefficient (Wildman–Crippen LogP) is 4.57. The standard InChI is InChI=1S/C13H13BrS/c14-11-5-1-9(2-6-11)13-10-3-7-12(15-13)8-4-10/h1-3,5-7,10,12-13H,4,8H2/t10-,12+,13+/m1/s1. The summed E-state index contributed by atoms with van der Waals surface area (Å²) in [5, 5.41) is 1.46. The van der Waals surface area contributed by atoms with E-state index in [0.29, 0.717) is 5.25 Å². The van der Waals surface area contributed by atoms with Crippen LogP contribution in [0.25, 0.3) is 0 Å². The van der Waals surface area contributed by atoms with Crippen molar-refractivity contribution < 1.29 is 0 Å². The van der Waals surface area contributed by atoms with Crippen LogP contribution in [0.2, 0.25) is 0 Å². The first-order chi connectivity index (χ1) is 7.33. The molecule has 2 heterocycles. The SMILES string of the molecule is Brc1ccc([C@@H]2S[C@H]3C=C[C@@H]2CC3)cc1.